The number of hydrogen-bond donors (Lipinski definition) is 0. The van der Waals surface area contributed by atoms with Crippen LogP contribution in [0.2, 0.25) is 0 Å². The summed E-state index contributed by atoms with van der Waals surface area (Å²) in [6, 6.07) is 27.0. The first-order valence-electron chi connectivity index (χ1n) is 11.8. The third-order valence-corrected chi connectivity index (χ3v) is 8.28. The second-order valence-corrected chi connectivity index (χ2v) is 10.7. The number of thiophene rings is 1. The number of thiazole rings is 1. The van der Waals surface area contributed by atoms with Gasteiger partial charge in [-0.05, 0) is 46.3 Å². The molecule has 6 rings (SSSR count). The van der Waals surface area contributed by atoms with Crippen LogP contribution in [0, 0.1) is 0 Å². The van der Waals surface area contributed by atoms with Gasteiger partial charge in [-0.2, -0.15) is 0 Å². The van der Waals surface area contributed by atoms with Crippen molar-refractivity contribution in [3.8, 4) is 0 Å². The average Bonchev–Trinajstić information content (AvgIpc) is 3.56. The number of rotatable bonds is 5. The maximum absolute atomic E-state index is 13.8. The largest absolute Gasteiger partial charge is 0.457 e. The van der Waals surface area contributed by atoms with Crippen LogP contribution in [0.25, 0.3) is 16.8 Å². The van der Waals surface area contributed by atoms with Crippen molar-refractivity contribution in [2.75, 3.05) is 0 Å². The second kappa shape index (κ2) is 9.76. The highest BCUT2D eigenvalue weighted by Gasteiger charge is 2.34. The molecular formula is C30H22N2O3S2. The third kappa shape index (κ3) is 4.37. The highest BCUT2D eigenvalue weighted by molar-refractivity contribution is 7.10. The van der Waals surface area contributed by atoms with Gasteiger partial charge in [0.15, 0.2) is 4.80 Å². The van der Waals surface area contributed by atoms with Gasteiger partial charge in [-0.1, -0.05) is 90.2 Å². The first-order valence-corrected chi connectivity index (χ1v) is 13.5. The molecule has 2 aromatic heterocycles. The fraction of sp³-hybridized carbons (Fsp3) is 0.100. The molecule has 5 aromatic rings. The molecule has 0 aliphatic carbocycles. The van der Waals surface area contributed by atoms with Crippen LogP contribution in [-0.4, -0.2) is 10.5 Å². The van der Waals surface area contributed by atoms with Gasteiger partial charge in [0.25, 0.3) is 5.56 Å². The standard InChI is InChI=1S/C30H22N2O3S2/c1-19-26(29(34)35-18-20-9-3-2-4-10-20)27(24-15-8-16-36-24)32-28(33)25(37-30(32)31-19)17-22-13-7-12-21-11-5-6-14-23(21)22/h2-17,27H,18H2,1H3/b25-17+/t27-/m1/s1. The average molecular weight is 523 g/mol. The van der Waals surface area contributed by atoms with Crippen LogP contribution >= 0.6 is 22.7 Å². The maximum Gasteiger partial charge on any atom is 0.338 e. The van der Waals surface area contributed by atoms with Crippen molar-refractivity contribution in [1.29, 1.82) is 0 Å². The Morgan fingerprint density at radius 3 is 2.59 bits per heavy atom. The topological polar surface area (TPSA) is 60.7 Å². The van der Waals surface area contributed by atoms with Gasteiger partial charge >= 0.3 is 5.97 Å². The summed E-state index contributed by atoms with van der Waals surface area (Å²) in [5.74, 6) is -0.466. The van der Waals surface area contributed by atoms with E-state index in [0.717, 1.165) is 26.8 Å². The van der Waals surface area contributed by atoms with Crippen LogP contribution in [0.15, 0.2) is 111 Å². The van der Waals surface area contributed by atoms with Crippen LogP contribution in [-0.2, 0) is 16.1 Å². The van der Waals surface area contributed by atoms with Crippen LogP contribution in [0.4, 0.5) is 0 Å². The van der Waals surface area contributed by atoms with Crippen molar-refractivity contribution >= 4 is 45.5 Å². The Hall–Kier alpha value is -4.07. The lowest BCUT2D eigenvalue weighted by Gasteiger charge is -2.23. The van der Waals surface area contributed by atoms with Crippen molar-refractivity contribution in [2.24, 2.45) is 4.99 Å². The highest BCUT2D eigenvalue weighted by atomic mass is 32.1. The SMILES string of the molecule is CC1=C(C(=O)OCc2ccccc2)[C@@H](c2cccs2)n2c(s/c(=C/c3cccc4ccccc34)c2=O)=N1. The Bertz CT molecular complexity index is 1830. The number of ether oxygens (including phenoxy) is 1. The zero-order valence-corrected chi connectivity index (χ0v) is 21.6. The zero-order chi connectivity index (χ0) is 25.4. The molecule has 0 saturated heterocycles. The molecule has 7 heteroatoms. The predicted molar refractivity (Wildman–Crippen MR) is 148 cm³/mol. The Morgan fingerprint density at radius 1 is 1.00 bits per heavy atom. The minimum Gasteiger partial charge on any atom is -0.457 e. The van der Waals surface area contributed by atoms with Crippen LogP contribution in [0.3, 0.4) is 0 Å². The fourth-order valence-electron chi connectivity index (χ4n) is 4.62. The van der Waals surface area contributed by atoms with E-state index in [-0.39, 0.29) is 12.2 Å². The molecule has 3 heterocycles. The Labute approximate surface area is 220 Å². The molecule has 3 aromatic carbocycles. The number of aromatic nitrogens is 1. The molecular weight excluding hydrogens is 500 g/mol. The lowest BCUT2D eigenvalue weighted by molar-refractivity contribution is -0.140. The number of carbonyl (C=O) groups is 1. The molecule has 0 fully saturated rings. The lowest BCUT2D eigenvalue weighted by Crippen LogP contribution is -2.39. The Kier molecular flexibility index (Phi) is 6.16. The van der Waals surface area contributed by atoms with E-state index in [2.05, 4.69) is 18.2 Å². The number of hydrogen-bond acceptors (Lipinski definition) is 6. The molecule has 1 atom stereocenters. The second-order valence-electron chi connectivity index (χ2n) is 8.73. The monoisotopic (exact) mass is 522 g/mol. The third-order valence-electron chi connectivity index (χ3n) is 6.38. The quantitative estimate of drug-likeness (QED) is 0.299. The van der Waals surface area contributed by atoms with Crippen molar-refractivity contribution in [3.63, 3.8) is 0 Å². The summed E-state index contributed by atoms with van der Waals surface area (Å²) in [5, 5.41) is 4.13. The molecule has 37 heavy (non-hydrogen) atoms. The normalized spacial score (nSPS) is 15.5. The summed E-state index contributed by atoms with van der Waals surface area (Å²) in [5.41, 5.74) is 2.65. The molecule has 0 amide bonds. The summed E-state index contributed by atoms with van der Waals surface area (Å²) < 4.78 is 7.91. The first-order chi connectivity index (χ1) is 18.1. The van der Waals surface area contributed by atoms with Crippen molar-refractivity contribution in [2.45, 2.75) is 19.6 Å². The van der Waals surface area contributed by atoms with Gasteiger partial charge in [-0.3, -0.25) is 9.36 Å². The Morgan fingerprint density at radius 2 is 1.78 bits per heavy atom. The number of allylic oxidation sites excluding steroid dienone is 1. The van der Waals surface area contributed by atoms with Crippen molar-refractivity contribution in [1.82, 2.24) is 4.57 Å². The van der Waals surface area contributed by atoms with Crippen molar-refractivity contribution in [3.05, 3.63) is 137 Å². The van der Waals surface area contributed by atoms with Gasteiger partial charge in [0, 0.05) is 4.88 Å². The smallest absolute Gasteiger partial charge is 0.338 e. The lowest BCUT2D eigenvalue weighted by atomic mass is 10.0. The summed E-state index contributed by atoms with van der Waals surface area (Å²) in [4.78, 5) is 33.4. The van der Waals surface area contributed by atoms with E-state index in [1.54, 1.807) is 4.57 Å². The van der Waals surface area contributed by atoms with E-state index in [1.165, 1.54) is 22.7 Å². The fourth-order valence-corrected chi connectivity index (χ4v) is 6.48. The van der Waals surface area contributed by atoms with Gasteiger partial charge in [-0.15, -0.1) is 11.3 Å². The number of esters is 1. The summed E-state index contributed by atoms with van der Waals surface area (Å²) in [6.45, 7) is 1.96. The van der Waals surface area contributed by atoms with Crippen LogP contribution < -0.4 is 14.9 Å². The van der Waals surface area contributed by atoms with E-state index in [4.69, 9.17) is 9.73 Å². The van der Waals surface area contributed by atoms with Crippen LogP contribution in [0.5, 0.6) is 0 Å². The molecule has 1 aliphatic heterocycles. The number of nitrogens with zero attached hydrogens (tertiary/aromatic N) is 2. The van der Waals surface area contributed by atoms with Crippen LogP contribution in [0.1, 0.15) is 29.0 Å². The molecule has 1 aliphatic rings. The molecule has 0 unspecified atom stereocenters. The first kappa shape index (κ1) is 23.3. The van der Waals surface area contributed by atoms with E-state index in [0.29, 0.717) is 20.6 Å². The summed E-state index contributed by atoms with van der Waals surface area (Å²) in [6.07, 6.45) is 1.92. The molecule has 5 nitrogen and oxygen atoms in total. The number of fused-ring (bicyclic) bond motifs is 2. The molecule has 0 bridgehead atoms. The highest BCUT2D eigenvalue weighted by Crippen LogP contribution is 2.33. The predicted octanol–water partition coefficient (Wildman–Crippen LogP) is 5.19. The summed E-state index contributed by atoms with van der Waals surface area (Å²) >= 11 is 2.85. The van der Waals surface area contributed by atoms with Crippen molar-refractivity contribution < 1.29 is 9.53 Å². The van der Waals surface area contributed by atoms with E-state index in [1.807, 2.05) is 85.1 Å². The van der Waals surface area contributed by atoms with E-state index in [9.17, 15) is 9.59 Å². The summed E-state index contributed by atoms with van der Waals surface area (Å²) in [7, 11) is 0. The van der Waals surface area contributed by atoms with Gasteiger partial charge in [0.2, 0.25) is 0 Å². The minimum atomic E-state index is -0.589. The van der Waals surface area contributed by atoms with Gasteiger partial charge in [0.1, 0.15) is 12.6 Å². The van der Waals surface area contributed by atoms with E-state index >= 15 is 0 Å². The van der Waals surface area contributed by atoms with E-state index < -0.39 is 12.0 Å². The van der Waals surface area contributed by atoms with Gasteiger partial charge in [0.05, 0.1) is 15.8 Å². The molecule has 182 valence electrons. The minimum absolute atomic E-state index is 0.152. The zero-order valence-electron chi connectivity index (χ0n) is 20.0. The molecule has 0 radical (unpaired) electrons. The number of benzene rings is 3. The Balaban J connectivity index is 1.46. The molecule has 0 N–H and O–H groups in total. The van der Waals surface area contributed by atoms with Gasteiger partial charge < -0.3 is 4.74 Å². The van der Waals surface area contributed by atoms with Gasteiger partial charge in [-0.25, -0.2) is 9.79 Å². The number of carbonyl (C=O) groups excluding carboxylic acids is 1. The molecule has 0 spiro atoms. The molecule has 0 saturated carbocycles. The maximum atomic E-state index is 13.8.